The molecule has 1 aliphatic rings. The molecule has 168 valence electrons. The van der Waals surface area contributed by atoms with Gasteiger partial charge in [0.05, 0.1) is 28.6 Å². The van der Waals surface area contributed by atoms with E-state index in [0.29, 0.717) is 37.7 Å². The van der Waals surface area contributed by atoms with Crippen LogP contribution in [0.3, 0.4) is 0 Å². The molecule has 33 heavy (non-hydrogen) atoms. The van der Waals surface area contributed by atoms with Crippen molar-refractivity contribution in [1.29, 1.82) is 0 Å². The van der Waals surface area contributed by atoms with Crippen molar-refractivity contribution in [1.82, 2.24) is 19.3 Å². The molecule has 2 aromatic heterocycles. The zero-order valence-electron chi connectivity index (χ0n) is 17.8. The summed E-state index contributed by atoms with van der Waals surface area (Å²) in [6.07, 6.45) is 1.67. The Bertz CT molecular complexity index is 1480. The number of aromatic nitrogens is 4. The molecule has 0 aliphatic carbocycles. The lowest BCUT2D eigenvalue weighted by Crippen LogP contribution is -2.27. The number of nitrogens with one attached hydrogen (secondary N) is 1. The standard InChI is InChI=1S/C23H19Cl2N5O2S/c1-12-3-6-19(13(2)7-12)30-21-16(10-26-30)22(32)29-15(11-33-23(29)28-21)9-20(31)27-18-5-4-14(24)8-17(18)25/h3-8,10,15H,9,11H2,1-2H3,(H,27,31). The van der Waals surface area contributed by atoms with Gasteiger partial charge in [0.25, 0.3) is 5.56 Å². The molecule has 5 rings (SSSR count). The Morgan fingerprint density at radius 2 is 2.03 bits per heavy atom. The van der Waals surface area contributed by atoms with Crippen LogP contribution in [0.2, 0.25) is 10.0 Å². The van der Waals surface area contributed by atoms with Gasteiger partial charge in [-0.05, 0) is 43.7 Å². The van der Waals surface area contributed by atoms with Gasteiger partial charge >= 0.3 is 0 Å². The van der Waals surface area contributed by atoms with Crippen LogP contribution in [0.25, 0.3) is 16.7 Å². The first-order chi connectivity index (χ1) is 15.8. The number of nitrogens with zero attached hydrogens (tertiary/aromatic N) is 4. The number of carbonyl (C=O) groups excluding carboxylic acids is 1. The minimum Gasteiger partial charge on any atom is -0.325 e. The molecule has 4 aromatic rings. The van der Waals surface area contributed by atoms with Gasteiger partial charge in [-0.15, -0.1) is 0 Å². The zero-order valence-corrected chi connectivity index (χ0v) is 20.1. The minimum absolute atomic E-state index is 0.122. The monoisotopic (exact) mass is 499 g/mol. The fourth-order valence-corrected chi connectivity index (χ4v) is 5.59. The van der Waals surface area contributed by atoms with Crippen LogP contribution in [-0.2, 0) is 4.79 Å². The maximum atomic E-state index is 13.3. The average Bonchev–Trinajstić information content (AvgIpc) is 3.35. The molecule has 0 spiro atoms. The predicted molar refractivity (Wildman–Crippen MR) is 132 cm³/mol. The molecule has 1 amide bonds. The molecule has 2 aromatic carbocycles. The molecule has 0 saturated heterocycles. The highest BCUT2D eigenvalue weighted by Gasteiger charge is 2.30. The fourth-order valence-electron chi connectivity index (χ4n) is 4.01. The van der Waals surface area contributed by atoms with Crippen molar-refractivity contribution >= 4 is 57.6 Å². The number of carbonyl (C=O) groups is 1. The third-order valence-electron chi connectivity index (χ3n) is 5.58. The summed E-state index contributed by atoms with van der Waals surface area (Å²) in [5.74, 6) is 0.337. The van der Waals surface area contributed by atoms with E-state index in [1.807, 2.05) is 26.0 Å². The van der Waals surface area contributed by atoms with E-state index in [1.54, 1.807) is 33.6 Å². The molecule has 0 radical (unpaired) electrons. The van der Waals surface area contributed by atoms with Crippen molar-refractivity contribution in [2.24, 2.45) is 0 Å². The van der Waals surface area contributed by atoms with Crippen LogP contribution < -0.4 is 10.9 Å². The molecule has 10 heteroatoms. The van der Waals surface area contributed by atoms with E-state index in [9.17, 15) is 9.59 Å². The average molecular weight is 500 g/mol. The minimum atomic E-state index is -0.315. The largest absolute Gasteiger partial charge is 0.325 e. The Balaban J connectivity index is 1.45. The molecular weight excluding hydrogens is 481 g/mol. The summed E-state index contributed by atoms with van der Waals surface area (Å²) in [6.45, 7) is 4.04. The van der Waals surface area contributed by atoms with Gasteiger partial charge in [0.1, 0.15) is 5.39 Å². The summed E-state index contributed by atoms with van der Waals surface area (Å²) in [5, 5.41) is 9.09. The van der Waals surface area contributed by atoms with Gasteiger partial charge in [0, 0.05) is 17.2 Å². The van der Waals surface area contributed by atoms with Crippen molar-refractivity contribution in [2.75, 3.05) is 11.1 Å². The van der Waals surface area contributed by atoms with Gasteiger partial charge in [-0.1, -0.05) is 52.7 Å². The SMILES string of the molecule is Cc1ccc(-n2ncc3c(=O)n4c(nc32)SCC4CC(=O)Nc2ccc(Cl)cc2Cl)c(C)c1. The quantitative estimate of drug-likeness (QED) is 0.391. The zero-order chi connectivity index (χ0) is 23.3. The molecule has 3 heterocycles. The van der Waals surface area contributed by atoms with E-state index in [0.717, 1.165) is 16.8 Å². The molecular formula is C23H19Cl2N5O2S. The summed E-state index contributed by atoms with van der Waals surface area (Å²) < 4.78 is 3.31. The number of amides is 1. The highest BCUT2D eigenvalue weighted by molar-refractivity contribution is 7.99. The van der Waals surface area contributed by atoms with Gasteiger partial charge in [0.15, 0.2) is 10.8 Å². The van der Waals surface area contributed by atoms with E-state index in [2.05, 4.69) is 16.5 Å². The molecule has 1 atom stereocenters. The Morgan fingerprint density at radius 1 is 1.21 bits per heavy atom. The van der Waals surface area contributed by atoms with E-state index in [4.69, 9.17) is 28.2 Å². The maximum Gasteiger partial charge on any atom is 0.265 e. The number of thioether (sulfide) groups is 1. The molecule has 0 bridgehead atoms. The van der Waals surface area contributed by atoms with Gasteiger partial charge in [0.2, 0.25) is 5.91 Å². The van der Waals surface area contributed by atoms with Gasteiger partial charge < -0.3 is 5.32 Å². The van der Waals surface area contributed by atoms with Crippen molar-refractivity contribution < 1.29 is 4.79 Å². The van der Waals surface area contributed by atoms with E-state index < -0.39 is 0 Å². The van der Waals surface area contributed by atoms with Crippen molar-refractivity contribution in [3.05, 3.63) is 74.1 Å². The highest BCUT2D eigenvalue weighted by atomic mass is 35.5. The molecule has 0 saturated carbocycles. The first-order valence-corrected chi connectivity index (χ1v) is 12.0. The summed E-state index contributed by atoms with van der Waals surface area (Å²) in [6, 6.07) is 10.6. The Hall–Kier alpha value is -2.81. The molecule has 1 aliphatic heterocycles. The van der Waals surface area contributed by atoms with Crippen LogP contribution in [0.15, 0.2) is 52.5 Å². The second-order valence-corrected chi connectivity index (χ2v) is 9.83. The lowest BCUT2D eigenvalue weighted by Gasteiger charge is -2.14. The van der Waals surface area contributed by atoms with Crippen LogP contribution in [0.4, 0.5) is 5.69 Å². The van der Waals surface area contributed by atoms with Gasteiger partial charge in [-0.2, -0.15) is 5.10 Å². The molecule has 1 unspecified atom stereocenters. The van der Waals surface area contributed by atoms with Crippen LogP contribution in [-0.4, -0.2) is 31.0 Å². The third-order valence-corrected chi connectivity index (χ3v) is 7.22. The number of rotatable bonds is 4. The van der Waals surface area contributed by atoms with Gasteiger partial charge in [-0.25, -0.2) is 9.67 Å². The van der Waals surface area contributed by atoms with Crippen molar-refractivity contribution in [2.45, 2.75) is 31.5 Å². The van der Waals surface area contributed by atoms with Crippen molar-refractivity contribution in [3.63, 3.8) is 0 Å². The third kappa shape index (κ3) is 4.03. The van der Waals surface area contributed by atoms with Crippen LogP contribution in [0, 0.1) is 13.8 Å². The van der Waals surface area contributed by atoms with E-state index in [-0.39, 0.29) is 23.9 Å². The second-order valence-electron chi connectivity index (χ2n) is 7.99. The van der Waals surface area contributed by atoms with Crippen LogP contribution in [0.1, 0.15) is 23.6 Å². The highest BCUT2D eigenvalue weighted by Crippen LogP contribution is 2.34. The first kappa shape index (κ1) is 22.0. The van der Waals surface area contributed by atoms with Gasteiger partial charge in [-0.3, -0.25) is 14.2 Å². The number of aryl methyl sites for hydroxylation is 2. The van der Waals surface area contributed by atoms with Crippen molar-refractivity contribution in [3.8, 4) is 5.69 Å². The summed E-state index contributed by atoms with van der Waals surface area (Å²) in [7, 11) is 0. The van der Waals surface area contributed by atoms with Crippen LogP contribution in [0.5, 0.6) is 0 Å². The Kier molecular flexibility index (Phi) is 5.68. The number of fused-ring (bicyclic) bond motifs is 2. The van der Waals surface area contributed by atoms with E-state index in [1.165, 1.54) is 11.8 Å². The Morgan fingerprint density at radius 3 is 2.79 bits per heavy atom. The predicted octanol–water partition coefficient (Wildman–Crippen LogP) is 5.18. The maximum absolute atomic E-state index is 13.3. The summed E-state index contributed by atoms with van der Waals surface area (Å²) >= 11 is 13.5. The number of halogens is 2. The smallest absolute Gasteiger partial charge is 0.265 e. The fraction of sp³-hybridized carbons (Fsp3) is 0.217. The summed E-state index contributed by atoms with van der Waals surface area (Å²) in [5.41, 5.74) is 3.88. The lowest BCUT2D eigenvalue weighted by molar-refractivity contribution is -0.116. The Labute approximate surface area is 203 Å². The van der Waals surface area contributed by atoms with Crippen LogP contribution >= 0.6 is 35.0 Å². The topological polar surface area (TPSA) is 81.8 Å². The second kappa shape index (κ2) is 8.52. The normalized spacial score (nSPS) is 15.1. The number of benzene rings is 2. The lowest BCUT2D eigenvalue weighted by atomic mass is 10.1. The number of hydrogen-bond donors (Lipinski definition) is 1. The molecule has 0 fully saturated rings. The number of anilines is 1. The molecule has 1 N–H and O–H groups in total. The number of hydrogen-bond acceptors (Lipinski definition) is 5. The molecule has 7 nitrogen and oxygen atoms in total. The first-order valence-electron chi connectivity index (χ1n) is 10.3. The van der Waals surface area contributed by atoms with E-state index >= 15 is 0 Å². The summed E-state index contributed by atoms with van der Waals surface area (Å²) in [4.78, 5) is 30.8.